The molecular formula is C15H19F3O. The van der Waals surface area contributed by atoms with Crippen LogP contribution in [0.2, 0.25) is 0 Å². The molecular weight excluding hydrogens is 253 g/mol. The van der Waals surface area contributed by atoms with Gasteiger partial charge < -0.3 is 5.11 Å². The predicted molar refractivity (Wildman–Crippen MR) is 67.6 cm³/mol. The van der Waals surface area contributed by atoms with Gasteiger partial charge in [-0.25, -0.2) is 0 Å². The average Bonchev–Trinajstić information content (AvgIpc) is 2.38. The first kappa shape index (κ1) is 14.4. The minimum absolute atomic E-state index is 0.210. The molecule has 106 valence electrons. The van der Waals surface area contributed by atoms with E-state index in [1.807, 2.05) is 6.92 Å². The summed E-state index contributed by atoms with van der Waals surface area (Å²) < 4.78 is 37.5. The van der Waals surface area contributed by atoms with Crippen LogP contribution < -0.4 is 0 Å². The van der Waals surface area contributed by atoms with Gasteiger partial charge in [0.2, 0.25) is 0 Å². The summed E-state index contributed by atoms with van der Waals surface area (Å²) >= 11 is 0. The maximum absolute atomic E-state index is 12.5. The summed E-state index contributed by atoms with van der Waals surface area (Å²) in [6.45, 7) is 2.02. The molecule has 1 aliphatic rings. The molecule has 4 heteroatoms. The van der Waals surface area contributed by atoms with Gasteiger partial charge in [0.1, 0.15) is 0 Å². The lowest BCUT2D eigenvalue weighted by molar-refractivity contribution is -0.137. The van der Waals surface area contributed by atoms with E-state index < -0.39 is 17.8 Å². The molecule has 0 saturated heterocycles. The standard InChI is InChI=1S/C15H19F3O/c1-14(9-3-2-4-10-14)13(19)11-5-7-12(8-6-11)15(16,17)18/h5-8,13,19H,2-4,9-10H2,1H3. The second-order valence-electron chi connectivity index (χ2n) is 5.74. The van der Waals surface area contributed by atoms with Crippen LogP contribution in [0.4, 0.5) is 13.2 Å². The fourth-order valence-electron chi connectivity index (χ4n) is 2.89. The molecule has 0 bridgehead atoms. The van der Waals surface area contributed by atoms with E-state index in [0.29, 0.717) is 5.56 Å². The molecule has 0 amide bonds. The van der Waals surface area contributed by atoms with Crippen LogP contribution in [0.5, 0.6) is 0 Å². The number of benzene rings is 1. The quantitative estimate of drug-likeness (QED) is 0.826. The number of aliphatic hydroxyl groups excluding tert-OH is 1. The molecule has 1 fully saturated rings. The zero-order valence-electron chi connectivity index (χ0n) is 11.0. The fraction of sp³-hybridized carbons (Fsp3) is 0.600. The maximum Gasteiger partial charge on any atom is 0.416 e. The zero-order valence-corrected chi connectivity index (χ0v) is 11.0. The van der Waals surface area contributed by atoms with Crippen molar-refractivity contribution in [2.24, 2.45) is 5.41 Å². The summed E-state index contributed by atoms with van der Waals surface area (Å²) in [4.78, 5) is 0. The molecule has 1 saturated carbocycles. The lowest BCUT2D eigenvalue weighted by Gasteiger charge is -2.38. The SMILES string of the molecule is CC1(C(O)c2ccc(C(F)(F)F)cc2)CCCCC1. The second kappa shape index (κ2) is 5.16. The molecule has 1 aromatic rings. The van der Waals surface area contributed by atoms with E-state index in [0.717, 1.165) is 37.8 Å². The smallest absolute Gasteiger partial charge is 0.388 e. The van der Waals surface area contributed by atoms with Gasteiger partial charge in [0.25, 0.3) is 0 Å². The van der Waals surface area contributed by atoms with Crippen LogP contribution in [0.25, 0.3) is 0 Å². The number of rotatable bonds is 2. The number of aliphatic hydroxyl groups is 1. The highest BCUT2D eigenvalue weighted by atomic mass is 19.4. The van der Waals surface area contributed by atoms with Crippen LogP contribution in [0.15, 0.2) is 24.3 Å². The summed E-state index contributed by atoms with van der Waals surface area (Å²) in [5.74, 6) is 0. The maximum atomic E-state index is 12.5. The summed E-state index contributed by atoms with van der Waals surface area (Å²) in [6, 6.07) is 4.89. The number of halogens is 3. The zero-order chi connectivity index (χ0) is 14.1. The molecule has 0 radical (unpaired) electrons. The fourth-order valence-corrected chi connectivity index (χ4v) is 2.89. The molecule has 2 rings (SSSR count). The molecule has 1 atom stereocenters. The molecule has 19 heavy (non-hydrogen) atoms. The highest BCUT2D eigenvalue weighted by molar-refractivity contribution is 5.27. The van der Waals surface area contributed by atoms with Gasteiger partial charge >= 0.3 is 6.18 Å². The third-order valence-corrected chi connectivity index (χ3v) is 4.21. The van der Waals surface area contributed by atoms with Crippen LogP contribution in [0.3, 0.4) is 0 Å². The lowest BCUT2D eigenvalue weighted by Crippen LogP contribution is -2.28. The number of alkyl halides is 3. The van der Waals surface area contributed by atoms with Crippen molar-refractivity contribution in [3.05, 3.63) is 35.4 Å². The molecule has 0 aliphatic heterocycles. The lowest BCUT2D eigenvalue weighted by atomic mass is 9.70. The first-order chi connectivity index (χ1) is 8.83. The summed E-state index contributed by atoms with van der Waals surface area (Å²) in [5, 5.41) is 10.4. The largest absolute Gasteiger partial charge is 0.416 e. The van der Waals surface area contributed by atoms with E-state index >= 15 is 0 Å². The molecule has 1 aromatic carbocycles. The first-order valence-electron chi connectivity index (χ1n) is 6.68. The Morgan fingerprint density at radius 2 is 1.58 bits per heavy atom. The van der Waals surface area contributed by atoms with Crippen molar-refractivity contribution in [3.63, 3.8) is 0 Å². The van der Waals surface area contributed by atoms with Crippen LogP contribution in [0.1, 0.15) is 56.3 Å². The van der Waals surface area contributed by atoms with Crippen LogP contribution in [0, 0.1) is 5.41 Å². The normalized spacial score (nSPS) is 21.1. The van der Waals surface area contributed by atoms with Gasteiger partial charge in [-0.1, -0.05) is 38.3 Å². The average molecular weight is 272 g/mol. The predicted octanol–water partition coefficient (Wildman–Crippen LogP) is 4.71. The van der Waals surface area contributed by atoms with E-state index in [-0.39, 0.29) is 5.41 Å². The van der Waals surface area contributed by atoms with Gasteiger partial charge in [-0.05, 0) is 36.0 Å². The monoisotopic (exact) mass is 272 g/mol. The van der Waals surface area contributed by atoms with Crippen molar-refractivity contribution in [1.29, 1.82) is 0 Å². The summed E-state index contributed by atoms with van der Waals surface area (Å²) in [6.07, 6.45) is 0.176. The Bertz CT molecular complexity index is 416. The first-order valence-corrected chi connectivity index (χ1v) is 6.68. The van der Waals surface area contributed by atoms with Gasteiger partial charge in [0.05, 0.1) is 11.7 Å². The molecule has 0 heterocycles. The summed E-state index contributed by atoms with van der Waals surface area (Å²) in [7, 11) is 0. The second-order valence-corrected chi connectivity index (χ2v) is 5.74. The Balaban J connectivity index is 2.17. The highest BCUT2D eigenvalue weighted by Crippen LogP contribution is 2.45. The van der Waals surface area contributed by atoms with E-state index in [2.05, 4.69) is 0 Å². The Kier molecular flexibility index (Phi) is 3.90. The Hall–Kier alpha value is -1.03. The van der Waals surface area contributed by atoms with Gasteiger partial charge in [0, 0.05) is 0 Å². The molecule has 1 nitrogen and oxygen atoms in total. The van der Waals surface area contributed by atoms with E-state index in [9.17, 15) is 18.3 Å². The number of hydrogen-bond acceptors (Lipinski definition) is 1. The molecule has 0 aromatic heterocycles. The molecule has 1 aliphatic carbocycles. The van der Waals surface area contributed by atoms with E-state index in [1.165, 1.54) is 18.6 Å². The van der Waals surface area contributed by atoms with Gasteiger partial charge in [-0.15, -0.1) is 0 Å². The van der Waals surface area contributed by atoms with Gasteiger partial charge in [-0.2, -0.15) is 13.2 Å². The van der Waals surface area contributed by atoms with Crippen LogP contribution in [-0.2, 0) is 6.18 Å². The summed E-state index contributed by atoms with van der Waals surface area (Å²) in [5.41, 5.74) is -0.299. The van der Waals surface area contributed by atoms with E-state index in [4.69, 9.17) is 0 Å². The third-order valence-electron chi connectivity index (χ3n) is 4.21. The van der Waals surface area contributed by atoms with Crippen LogP contribution in [-0.4, -0.2) is 5.11 Å². The van der Waals surface area contributed by atoms with Crippen molar-refractivity contribution in [1.82, 2.24) is 0 Å². The van der Waals surface area contributed by atoms with Crippen molar-refractivity contribution in [2.45, 2.75) is 51.3 Å². The Morgan fingerprint density at radius 3 is 2.05 bits per heavy atom. The van der Waals surface area contributed by atoms with Crippen molar-refractivity contribution >= 4 is 0 Å². The topological polar surface area (TPSA) is 20.2 Å². The molecule has 1 unspecified atom stereocenters. The minimum Gasteiger partial charge on any atom is -0.388 e. The van der Waals surface area contributed by atoms with Gasteiger partial charge in [0.15, 0.2) is 0 Å². The Morgan fingerprint density at radius 1 is 1.05 bits per heavy atom. The van der Waals surface area contributed by atoms with E-state index in [1.54, 1.807) is 0 Å². The van der Waals surface area contributed by atoms with Crippen molar-refractivity contribution < 1.29 is 18.3 Å². The van der Waals surface area contributed by atoms with Crippen molar-refractivity contribution in [2.75, 3.05) is 0 Å². The molecule has 0 spiro atoms. The molecule has 1 N–H and O–H groups in total. The van der Waals surface area contributed by atoms with Crippen molar-refractivity contribution in [3.8, 4) is 0 Å². The van der Waals surface area contributed by atoms with Crippen LogP contribution >= 0.6 is 0 Å². The third kappa shape index (κ3) is 3.11. The van der Waals surface area contributed by atoms with Gasteiger partial charge in [-0.3, -0.25) is 0 Å². The number of hydrogen-bond donors (Lipinski definition) is 1. The highest BCUT2D eigenvalue weighted by Gasteiger charge is 2.36. The minimum atomic E-state index is -4.32. The Labute approximate surface area is 111 Å².